The van der Waals surface area contributed by atoms with Gasteiger partial charge in [-0.05, 0) is 61.7 Å². The summed E-state index contributed by atoms with van der Waals surface area (Å²) in [6.07, 6.45) is 10.3. The highest BCUT2D eigenvalue weighted by Crippen LogP contribution is 2.59. The van der Waals surface area contributed by atoms with E-state index in [0.717, 1.165) is 23.2 Å². The molecule has 4 aliphatic carbocycles. The van der Waals surface area contributed by atoms with Crippen molar-refractivity contribution in [3.8, 4) is 0 Å². The SMILES string of the molecule is CC12CC3[CH]C(CC(C3)C1)C2. The topological polar surface area (TPSA) is 0 Å². The molecule has 4 aliphatic rings. The lowest BCUT2D eigenvalue weighted by Crippen LogP contribution is -2.44. The molecule has 0 saturated heterocycles. The lowest BCUT2D eigenvalue weighted by atomic mass is 9.50. The van der Waals surface area contributed by atoms with Crippen molar-refractivity contribution in [2.45, 2.75) is 39.0 Å². The first-order valence-corrected chi connectivity index (χ1v) is 5.09. The Morgan fingerprint density at radius 1 is 1.09 bits per heavy atom. The Hall–Kier alpha value is 0. The molecule has 2 unspecified atom stereocenters. The van der Waals surface area contributed by atoms with Crippen molar-refractivity contribution >= 4 is 0 Å². The summed E-state index contributed by atoms with van der Waals surface area (Å²) in [5.74, 6) is 3.15. The molecule has 2 atom stereocenters. The summed E-state index contributed by atoms with van der Waals surface area (Å²) >= 11 is 0. The van der Waals surface area contributed by atoms with Gasteiger partial charge in [-0.15, -0.1) is 0 Å². The van der Waals surface area contributed by atoms with Crippen molar-refractivity contribution in [1.82, 2.24) is 0 Å². The molecule has 4 bridgehead atoms. The Morgan fingerprint density at radius 2 is 1.73 bits per heavy atom. The van der Waals surface area contributed by atoms with Crippen LogP contribution in [-0.2, 0) is 0 Å². The van der Waals surface area contributed by atoms with E-state index >= 15 is 0 Å². The highest BCUT2D eigenvalue weighted by molar-refractivity contribution is 5.06. The molecule has 0 N–H and O–H groups in total. The Balaban J connectivity index is 1.94. The molecular formula is C11H17. The van der Waals surface area contributed by atoms with E-state index in [1.807, 2.05) is 0 Å². The maximum atomic E-state index is 2.66. The molecule has 0 aromatic carbocycles. The van der Waals surface area contributed by atoms with Gasteiger partial charge in [0.15, 0.2) is 0 Å². The van der Waals surface area contributed by atoms with Gasteiger partial charge in [-0.2, -0.15) is 0 Å². The Labute approximate surface area is 69.4 Å². The van der Waals surface area contributed by atoms with E-state index in [2.05, 4.69) is 13.3 Å². The van der Waals surface area contributed by atoms with Crippen molar-refractivity contribution in [3.05, 3.63) is 6.42 Å². The quantitative estimate of drug-likeness (QED) is 0.496. The molecule has 4 rings (SSSR count). The van der Waals surface area contributed by atoms with Crippen molar-refractivity contribution in [2.75, 3.05) is 0 Å². The van der Waals surface area contributed by atoms with Crippen LogP contribution >= 0.6 is 0 Å². The van der Waals surface area contributed by atoms with Gasteiger partial charge in [-0.3, -0.25) is 0 Å². The molecule has 4 fully saturated rings. The maximum absolute atomic E-state index is 2.66. The van der Waals surface area contributed by atoms with Crippen molar-refractivity contribution in [1.29, 1.82) is 0 Å². The number of rotatable bonds is 0. The summed E-state index contributed by atoms with van der Waals surface area (Å²) in [5, 5.41) is 0. The van der Waals surface area contributed by atoms with E-state index in [-0.39, 0.29) is 0 Å². The van der Waals surface area contributed by atoms with Gasteiger partial charge in [0.25, 0.3) is 0 Å². The van der Waals surface area contributed by atoms with Crippen molar-refractivity contribution in [2.24, 2.45) is 23.2 Å². The molecule has 0 nitrogen and oxygen atoms in total. The van der Waals surface area contributed by atoms with Crippen LogP contribution in [0.2, 0.25) is 0 Å². The summed E-state index contributed by atoms with van der Waals surface area (Å²) in [6.45, 7) is 2.52. The molecule has 0 heteroatoms. The Kier molecular flexibility index (Phi) is 1.09. The van der Waals surface area contributed by atoms with Gasteiger partial charge in [0, 0.05) is 0 Å². The summed E-state index contributed by atoms with van der Waals surface area (Å²) in [4.78, 5) is 0. The normalized spacial score (nSPS) is 60.3. The van der Waals surface area contributed by atoms with Crippen molar-refractivity contribution in [3.63, 3.8) is 0 Å². The van der Waals surface area contributed by atoms with Gasteiger partial charge in [-0.25, -0.2) is 0 Å². The second-order valence-corrected chi connectivity index (χ2v) is 5.47. The van der Waals surface area contributed by atoms with Crippen LogP contribution in [0.25, 0.3) is 0 Å². The second-order valence-electron chi connectivity index (χ2n) is 5.47. The largest absolute Gasteiger partial charge is 0.0596 e. The van der Waals surface area contributed by atoms with Gasteiger partial charge in [0.2, 0.25) is 0 Å². The fourth-order valence-corrected chi connectivity index (χ4v) is 4.18. The average Bonchev–Trinajstić information content (AvgIpc) is 1.79. The van der Waals surface area contributed by atoms with Crippen LogP contribution in [0.1, 0.15) is 39.0 Å². The fourth-order valence-electron chi connectivity index (χ4n) is 4.18. The van der Waals surface area contributed by atoms with E-state index in [1.54, 1.807) is 6.42 Å². The monoisotopic (exact) mass is 149 g/mol. The molecule has 0 spiro atoms. The third-order valence-electron chi connectivity index (χ3n) is 4.11. The highest BCUT2D eigenvalue weighted by Gasteiger charge is 2.48. The van der Waals surface area contributed by atoms with Crippen LogP contribution in [0.4, 0.5) is 0 Å². The maximum Gasteiger partial charge on any atom is -0.0318 e. The first kappa shape index (κ1) is 6.51. The summed E-state index contributed by atoms with van der Waals surface area (Å²) in [7, 11) is 0. The fraction of sp³-hybridized carbons (Fsp3) is 0.909. The molecule has 0 aromatic heterocycles. The van der Waals surface area contributed by atoms with Crippen LogP contribution in [0, 0.1) is 29.6 Å². The summed E-state index contributed by atoms with van der Waals surface area (Å²) in [5.41, 5.74) is 0.769. The zero-order chi connectivity index (χ0) is 7.47. The van der Waals surface area contributed by atoms with E-state index < -0.39 is 0 Å². The molecule has 61 valence electrons. The predicted octanol–water partition coefficient (Wildman–Crippen LogP) is 3.04. The summed E-state index contributed by atoms with van der Waals surface area (Å²) in [6, 6.07) is 0. The van der Waals surface area contributed by atoms with Crippen LogP contribution in [0.5, 0.6) is 0 Å². The zero-order valence-electron chi connectivity index (χ0n) is 7.34. The van der Waals surface area contributed by atoms with Crippen molar-refractivity contribution < 1.29 is 0 Å². The van der Waals surface area contributed by atoms with Crippen LogP contribution in [0.3, 0.4) is 0 Å². The smallest absolute Gasteiger partial charge is 0.0318 e. The minimum Gasteiger partial charge on any atom is -0.0596 e. The van der Waals surface area contributed by atoms with Gasteiger partial charge >= 0.3 is 0 Å². The van der Waals surface area contributed by atoms with Gasteiger partial charge in [-0.1, -0.05) is 6.92 Å². The second kappa shape index (κ2) is 1.84. The third kappa shape index (κ3) is 0.878. The van der Waals surface area contributed by atoms with Crippen LogP contribution in [-0.4, -0.2) is 0 Å². The zero-order valence-corrected chi connectivity index (χ0v) is 7.34. The number of hydrogen-bond donors (Lipinski definition) is 0. The highest BCUT2D eigenvalue weighted by atomic mass is 14.5. The van der Waals surface area contributed by atoms with E-state index in [4.69, 9.17) is 0 Å². The van der Waals surface area contributed by atoms with E-state index in [9.17, 15) is 0 Å². The molecule has 0 aromatic rings. The molecule has 1 radical (unpaired) electrons. The standard InChI is InChI=1S/C11H17/c1-11-5-8-2-9(6-11)4-10(3-8)7-11/h2,8-10H,3-7H2,1H3. The number of hydrogen-bond acceptors (Lipinski definition) is 0. The predicted molar refractivity (Wildman–Crippen MR) is 46.0 cm³/mol. The van der Waals surface area contributed by atoms with Gasteiger partial charge in [0.1, 0.15) is 0 Å². The third-order valence-corrected chi connectivity index (χ3v) is 4.11. The van der Waals surface area contributed by atoms with Gasteiger partial charge < -0.3 is 0 Å². The van der Waals surface area contributed by atoms with Gasteiger partial charge in [0.05, 0.1) is 0 Å². The molecule has 0 amide bonds. The first-order valence-electron chi connectivity index (χ1n) is 5.09. The minimum atomic E-state index is 0.769. The van der Waals surface area contributed by atoms with E-state index in [1.165, 1.54) is 25.7 Å². The average molecular weight is 149 g/mol. The first-order chi connectivity index (χ1) is 5.23. The molecule has 0 aliphatic heterocycles. The lowest BCUT2D eigenvalue weighted by molar-refractivity contribution is -0.00472. The van der Waals surface area contributed by atoms with E-state index in [0.29, 0.717) is 0 Å². The molecule has 4 saturated carbocycles. The Morgan fingerprint density at radius 3 is 2.18 bits per heavy atom. The summed E-state index contributed by atoms with van der Waals surface area (Å²) < 4.78 is 0. The van der Waals surface area contributed by atoms with Crippen LogP contribution in [0.15, 0.2) is 0 Å². The molecular weight excluding hydrogens is 132 g/mol. The molecule has 0 heterocycles. The minimum absolute atomic E-state index is 0.769. The molecule has 11 heavy (non-hydrogen) atoms. The lowest BCUT2D eigenvalue weighted by Gasteiger charge is -2.55. The Bertz CT molecular complexity index is 145. The van der Waals surface area contributed by atoms with Crippen LogP contribution < -0.4 is 0 Å².